The smallest absolute Gasteiger partial charge is 0.307 e. The molecule has 0 spiro atoms. The van der Waals surface area contributed by atoms with Crippen LogP contribution in [0.2, 0.25) is 0 Å². The third kappa shape index (κ3) is 4.28. The minimum atomic E-state index is -3.82. The minimum absolute atomic E-state index is 0.158. The quantitative estimate of drug-likeness (QED) is 0.725. The van der Waals surface area contributed by atoms with Gasteiger partial charge in [-0.15, -0.1) is 0 Å². The molecule has 0 radical (unpaired) electrons. The van der Waals surface area contributed by atoms with Crippen molar-refractivity contribution in [1.82, 2.24) is 9.62 Å². The van der Waals surface area contributed by atoms with Gasteiger partial charge in [0.25, 0.3) is 10.0 Å². The average Bonchev–Trinajstić information content (AvgIpc) is 3.09. The number of hydrogen-bond acceptors (Lipinski definition) is 4. The Balaban J connectivity index is 1.25. The van der Waals surface area contributed by atoms with Crippen LogP contribution in [0, 0.1) is 5.92 Å². The van der Waals surface area contributed by atoms with E-state index in [0.717, 1.165) is 76.1 Å². The molecule has 0 unspecified atom stereocenters. The fourth-order valence-electron chi connectivity index (χ4n) is 5.39. The number of carbonyl (C=O) groups is 1. The van der Waals surface area contributed by atoms with Gasteiger partial charge in [0.05, 0.1) is 0 Å². The lowest BCUT2D eigenvalue weighted by atomic mass is 9.99. The van der Waals surface area contributed by atoms with Gasteiger partial charge in [-0.05, 0) is 98.9 Å². The van der Waals surface area contributed by atoms with Crippen LogP contribution in [0.4, 0.5) is 10.5 Å². The number of carbonyl (C=O) groups excluding carboxylic acids is 1. The predicted molar refractivity (Wildman–Crippen MR) is 118 cm³/mol. The number of amides is 2. The van der Waals surface area contributed by atoms with Crippen molar-refractivity contribution in [3.63, 3.8) is 0 Å². The van der Waals surface area contributed by atoms with E-state index in [9.17, 15) is 13.2 Å². The summed E-state index contributed by atoms with van der Waals surface area (Å²) in [6, 6.07) is 1.79. The van der Waals surface area contributed by atoms with Gasteiger partial charge in [-0.25, -0.2) is 17.9 Å². The van der Waals surface area contributed by atoms with E-state index in [2.05, 4.69) is 21.0 Å². The summed E-state index contributed by atoms with van der Waals surface area (Å²) in [6.07, 6.45) is 12.6. The highest BCUT2D eigenvalue weighted by Gasteiger charge is 2.30. The van der Waals surface area contributed by atoms with Crippen LogP contribution in [0.1, 0.15) is 60.8 Å². The molecular formula is C23H31N3O3S. The van der Waals surface area contributed by atoms with E-state index in [1.54, 1.807) is 6.08 Å². The molecule has 1 heterocycles. The maximum atomic E-state index is 12.6. The fraction of sp³-hybridized carbons (Fsp3) is 0.609. The summed E-state index contributed by atoms with van der Waals surface area (Å²) in [4.78, 5) is 15.0. The molecule has 2 N–H and O–H groups in total. The lowest BCUT2D eigenvalue weighted by Crippen LogP contribution is -2.34. The molecule has 1 aromatic carbocycles. The number of likely N-dealkylation sites (tertiary alicyclic amines) is 1. The van der Waals surface area contributed by atoms with Crippen LogP contribution >= 0.6 is 0 Å². The van der Waals surface area contributed by atoms with E-state index in [1.807, 2.05) is 0 Å². The Kier molecular flexibility index (Phi) is 5.35. The van der Waals surface area contributed by atoms with Crippen molar-refractivity contribution in [1.29, 1.82) is 0 Å². The van der Waals surface area contributed by atoms with Crippen molar-refractivity contribution >= 4 is 21.7 Å². The Morgan fingerprint density at radius 2 is 1.73 bits per heavy atom. The first-order valence-corrected chi connectivity index (χ1v) is 13.0. The Bertz CT molecular complexity index is 950. The highest BCUT2D eigenvalue weighted by Crippen LogP contribution is 2.38. The molecule has 162 valence electrons. The van der Waals surface area contributed by atoms with Crippen LogP contribution in [0.25, 0.3) is 0 Å². The number of anilines is 1. The Morgan fingerprint density at radius 1 is 1.03 bits per heavy atom. The predicted octanol–water partition coefficient (Wildman–Crippen LogP) is 3.50. The number of aryl methyl sites for hydroxylation is 2. The van der Waals surface area contributed by atoms with Gasteiger partial charge in [-0.2, -0.15) is 0 Å². The maximum Gasteiger partial charge on any atom is 0.333 e. The van der Waals surface area contributed by atoms with Gasteiger partial charge in [0.15, 0.2) is 0 Å². The number of rotatable bonds is 6. The first-order valence-electron chi connectivity index (χ1n) is 11.4. The van der Waals surface area contributed by atoms with Crippen molar-refractivity contribution in [2.24, 2.45) is 5.92 Å². The third-order valence-corrected chi connectivity index (χ3v) is 8.02. The first-order chi connectivity index (χ1) is 14.5. The van der Waals surface area contributed by atoms with Crippen molar-refractivity contribution < 1.29 is 13.2 Å². The molecule has 1 saturated heterocycles. The van der Waals surface area contributed by atoms with Crippen LogP contribution in [0.15, 0.2) is 17.6 Å². The van der Waals surface area contributed by atoms with E-state index < -0.39 is 16.1 Å². The molecule has 2 fully saturated rings. The van der Waals surface area contributed by atoms with E-state index in [1.165, 1.54) is 40.5 Å². The third-order valence-electron chi connectivity index (χ3n) is 7.03. The van der Waals surface area contributed by atoms with Crippen LogP contribution in [0.3, 0.4) is 0 Å². The highest BCUT2D eigenvalue weighted by atomic mass is 32.2. The largest absolute Gasteiger partial charge is 0.333 e. The van der Waals surface area contributed by atoms with Crippen molar-refractivity contribution in [3.8, 4) is 0 Å². The summed E-state index contributed by atoms with van der Waals surface area (Å²) in [7, 11) is -3.82. The molecule has 30 heavy (non-hydrogen) atoms. The molecule has 5 rings (SSSR count). The summed E-state index contributed by atoms with van der Waals surface area (Å²) in [5, 5.41) is 4.08. The standard InChI is InChI=1S/C23H31N3O3S/c27-23(24-22-20-7-1-4-17(20)14-18-5-2-8-21(18)22)25-30(28,29)13-11-19-6-3-12-26(19)15-16-9-10-16/h11,13-14,16,19H,1-10,12,15H2,(H2,24,25,27)/b13-11+/t19-/m1/s1. The number of nitrogens with zero attached hydrogens (tertiary/aromatic N) is 1. The number of urea groups is 1. The fourth-order valence-corrected chi connectivity index (χ4v) is 6.16. The van der Waals surface area contributed by atoms with Gasteiger partial charge < -0.3 is 5.32 Å². The summed E-state index contributed by atoms with van der Waals surface area (Å²) in [5.74, 6) is 0.786. The van der Waals surface area contributed by atoms with Crippen molar-refractivity contribution in [2.45, 2.75) is 70.3 Å². The summed E-state index contributed by atoms with van der Waals surface area (Å²) >= 11 is 0. The molecule has 1 aliphatic heterocycles. The van der Waals surface area contributed by atoms with Gasteiger partial charge in [0.2, 0.25) is 0 Å². The molecule has 6 nitrogen and oxygen atoms in total. The average molecular weight is 430 g/mol. The van der Waals surface area contributed by atoms with Crippen LogP contribution in [-0.2, 0) is 35.7 Å². The molecule has 1 saturated carbocycles. The van der Waals surface area contributed by atoms with Gasteiger partial charge in [-0.3, -0.25) is 4.90 Å². The maximum absolute atomic E-state index is 12.6. The van der Waals surface area contributed by atoms with Crippen LogP contribution < -0.4 is 10.0 Å². The van der Waals surface area contributed by atoms with E-state index in [-0.39, 0.29) is 6.04 Å². The molecule has 0 bridgehead atoms. The summed E-state index contributed by atoms with van der Waals surface area (Å²) in [6.45, 7) is 2.09. The lowest BCUT2D eigenvalue weighted by molar-refractivity contribution is 0.256. The van der Waals surface area contributed by atoms with Gasteiger partial charge in [0.1, 0.15) is 0 Å². The van der Waals surface area contributed by atoms with Crippen LogP contribution in [-0.4, -0.2) is 38.5 Å². The lowest BCUT2D eigenvalue weighted by Gasteiger charge is -2.21. The zero-order valence-electron chi connectivity index (χ0n) is 17.5. The molecule has 7 heteroatoms. The molecule has 1 atom stereocenters. The molecule has 4 aliphatic rings. The molecule has 1 aromatic rings. The second-order valence-corrected chi connectivity index (χ2v) is 10.9. The topological polar surface area (TPSA) is 78.5 Å². The highest BCUT2D eigenvalue weighted by molar-refractivity contribution is 7.92. The summed E-state index contributed by atoms with van der Waals surface area (Å²) in [5.41, 5.74) is 5.87. The zero-order chi connectivity index (χ0) is 20.7. The number of hydrogen-bond donors (Lipinski definition) is 2. The summed E-state index contributed by atoms with van der Waals surface area (Å²) < 4.78 is 27.2. The molecule has 0 aromatic heterocycles. The van der Waals surface area contributed by atoms with E-state index in [4.69, 9.17) is 0 Å². The van der Waals surface area contributed by atoms with Crippen molar-refractivity contribution in [2.75, 3.05) is 18.4 Å². The second-order valence-electron chi connectivity index (χ2n) is 9.31. The normalized spacial score (nSPS) is 23.7. The zero-order valence-corrected chi connectivity index (χ0v) is 18.3. The molecule has 2 amide bonds. The van der Waals surface area contributed by atoms with Crippen molar-refractivity contribution in [3.05, 3.63) is 39.8 Å². The Hall–Kier alpha value is -1.86. The van der Waals surface area contributed by atoms with Gasteiger partial charge >= 0.3 is 6.03 Å². The first kappa shape index (κ1) is 20.1. The monoisotopic (exact) mass is 429 g/mol. The van der Waals surface area contributed by atoms with E-state index >= 15 is 0 Å². The number of benzene rings is 1. The molecule has 3 aliphatic carbocycles. The Labute approximate surface area is 179 Å². The SMILES string of the molecule is O=C(Nc1c2c(cc3c1CCC3)CCC2)NS(=O)(=O)/C=C/[C@H]1CCCN1CC1CC1. The molecular weight excluding hydrogens is 398 g/mol. The van der Waals surface area contributed by atoms with E-state index in [0.29, 0.717) is 0 Å². The number of fused-ring (bicyclic) bond motifs is 2. The number of sulfonamides is 1. The minimum Gasteiger partial charge on any atom is -0.307 e. The van der Waals surface area contributed by atoms with Crippen LogP contribution in [0.5, 0.6) is 0 Å². The second kappa shape index (κ2) is 8.00. The van der Waals surface area contributed by atoms with Gasteiger partial charge in [0, 0.05) is 23.7 Å². The number of nitrogens with one attached hydrogen (secondary N) is 2. The van der Waals surface area contributed by atoms with Gasteiger partial charge in [-0.1, -0.05) is 12.1 Å². The Morgan fingerprint density at radius 3 is 2.40 bits per heavy atom.